The minimum absolute atomic E-state index is 0.00146. The normalized spacial score (nSPS) is 16.9. The van der Waals surface area contributed by atoms with E-state index in [-0.39, 0.29) is 24.4 Å². The van der Waals surface area contributed by atoms with Crippen molar-refractivity contribution in [3.05, 3.63) is 93.7 Å². The van der Waals surface area contributed by atoms with Crippen molar-refractivity contribution in [1.29, 1.82) is 0 Å². The molecule has 2 aromatic carbocycles. The molecule has 1 amide bonds. The lowest BCUT2D eigenvalue weighted by Crippen LogP contribution is -2.38. The summed E-state index contributed by atoms with van der Waals surface area (Å²) in [6.45, 7) is 5.70. The number of rotatable bonds is 7. The van der Waals surface area contributed by atoms with Crippen LogP contribution in [0.1, 0.15) is 65.5 Å². The van der Waals surface area contributed by atoms with Crippen LogP contribution >= 0.6 is 0 Å². The van der Waals surface area contributed by atoms with E-state index in [2.05, 4.69) is 9.97 Å². The van der Waals surface area contributed by atoms with Gasteiger partial charge < -0.3 is 23.9 Å². The number of esters is 2. The van der Waals surface area contributed by atoms with Crippen molar-refractivity contribution >= 4 is 18.0 Å². The second kappa shape index (κ2) is 12.1. The van der Waals surface area contributed by atoms with Crippen molar-refractivity contribution in [2.24, 2.45) is 0 Å². The Morgan fingerprint density at radius 3 is 2.27 bits per heavy atom. The summed E-state index contributed by atoms with van der Waals surface area (Å²) in [6, 6.07) is 16.7. The molecule has 1 fully saturated rings. The summed E-state index contributed by atoms with van der Waals surface area (Å²) in [5.74, 6) is -2.44. The third-order valence-corrected chi connectivity index (χ3v) is 6.01. The molecule has 2 heterocycles. The number of hydrogen-bond donors (Lipinski definition) is 1. The second-order valence-corrected chi connectivity index (χ2v) is 10.2. The molecular formula is C29H31N3O8. The minimum Gasteiger partial charge on any atom is -0.464 e. The highest BCUT2D eigenvalue weighted by molar-refractivity contribution is 5.94. The maximum Gasteiger partial charge on any atom is 0.411 e. The molecule has 11 heteroatoms. The first-order valence-corrected chi connectivity index (χ1v) is 12.7. The van der Waals surface area contributed by atoms with E-state index in [9.17, 15) is 19.2 Å². The van der Waals surface area contributed by atoms with Crippen molar-refractivity contribution in [2.75, 3.05) is 13.7 Å². The highest BCUT2D eigenvalue weighted by Gasteiger charge is 2.41. The predicted octanol–water partition coefficient (Wildman–Crippen LogP) is 4.04. The smallest absolute Gasteiger partial charge is 0.411 e. The number of carbonyl (C=O) groups is 3. The van der Waals surface area contributed by atoms with Crippen LogP contribution in [0.5, 0.6) is 5.75 Å². The molecule has 4 rings (SSSR count). The van der Waals surface area contributed by atoms with Gasteiger partial charge in [0, 0.05) is 6.42 Å². The molecule has 40 heavy (non-hydrogen) atoms. The van der Waals surface area contributed by atoms with Gasteiger partial charge in [0.25, 0.3) is 5.56 Å². The van der Waals surface area contributed by atoms with E-state index in [0.717, 1.165) is 12.7 Å². The van der Waals surface area contributed by atoms with Crippen molar-refractivity contribution in [3.63, 3.8) is 0 Å². The van der Waals surface area contributed by atoms with Crippen LogP contribution in [-0.4, -0.2) is 58.3 Å². The van der Waals surface area contributed by atoms with Crippen molar-refractivity contribution in [3.8, 4) is 5.75 Å². The Kier molecular flexibility index (Phi) is 8.64. The van der Waals surface area contributed by atoms with E-state index in [4.69, 9.17) is 18.9 Å². The highest BCUT2D eigenvalue weighted by Crippen LogP contribution is 2.34. The lowest BCUT2D eigenvalue weighted by Gasteiger charge is -2.28. The molecule has 0 unspecified atom stereocenters. The lowest BCUT2D eigenvalue weighted by atomic mass is 10.1. The molecule has 0 saturated carbocycles. The van der Waals surface area contributed by atoms with Crippen LogP contribution in [0.3, 0.4) is 0 Å². The molecular weight excluding hydrogens is 518 g/mol. The Morgan fingerprint density at radius 2 is 1.65 bits per heavy atom. The van der Waals surface area contributed by atoms with E-state index < -0.39 is 52.8 Å². The minimum atomic E-state index is -0.984. The zero-order valence-corrected chi connectivity index (χ0v) is 22.7. The first kappa shape index (κ1) is 28.5. The third-order valence-electron chi connectivity index (χ3n) is 6.01. The fraction of sp³-hybridized carbons (Fsp3) is 0.345. The molecule has 1 aliphatic heterocycles. The molecule has 1 aromatic heterocycles. The molecule has 0 aliphatic carbocycles. The molecule has 0 radical (unpaired) electrons. The molecule has 3 aromatic rings. The Bertz CT molecular complexity index is 1420. The molecule has 11 nitrogen and oxygen atoms in total. The number of carbonyl (C=O) groups excluding carboxylic acids is 3. The number of nitrogens with zero attached hydrogens (tertiary/aromatic N) is 2. The Morgan fingerprint density at radius 1 is 1.00 bits per heavy atom. The average Bonchev–Trinajstić information content (AvgIpc) is 3.37. The molecule has 1 saturated heterocycles. The first-order valence-electron chi connectivity index (χ1n) is 12.7. The van der Waals surface area contributed by atoms with E-state index in [1.54, 1.807) is 39.0 Å². The molecule has 1 aliphatic rings. The number of aromatic amines is 1. The summed E-state index contributed by atoms with van der Waals surface area (Å²) in [6.07, 6.45) is -0.788. The number of nitrogens with one attached hydrogen (secondary N) is 1. The Balaban J connectivity index is 1.66. The standard InChI is InChI=1S/C29H31N3O8/c1-29(2,3)40-28(36)32-16-20(38-17-18-11-7-5-8-12-18)15-21(32)24-30-22(27(35)37-4)23(25(33)31-24)39-26(34)19-13-9-6-10-14-19/h5-14,20-21H,15-17H2,1-4H3,(H,30,31,33)/t20-,21+/m1/s1. The van der Waals surface area contributed by atoms with Gasteiger partial charge in [0.1, 0.15) is 11.4 Å². The summed E-state index contributed by atoms with van der Waals surface area (Å²) < 4.78 is 21.8. The van der Waals surface area contributed by atoms with E-state index >= 15 is 0 Å². The third kappa shape index (κ3) is 6.92. The molecule has 1 N–H and O–H groups in total. The molecule has 210 valence electrons. The van der Waals surface area contributed by atoms with E-state index in [1.165, 1.54) is 17.0 Å². The van der Waals surface area contributed by atoms with Gasteiger partial charge in [-0.1, -0.05) is 48.5 Å². The van der Waals surface area contributed by atoms with Gasteiger partial charge in [0.15, 0.2) is 5.69 Å². The van der Waals surface area contributed by atoms with E-state index in [0.29, 0.717) is 6.61 Å². The van der Waals surface area contributed by atoms with Gasteiger partial charge in [-0.2, -0.15) is 0 Å². The number of hydrogen-bond acceptors (Lipinski definition) is 9. The highest BCUT2D eigenvalue weighted by atomic mass is 16.6. The van der Waals surface area contributed by atoms with Crippen LogP contribution in [0, 0.1) is 0 Å². The van der Waals surface area contributed by atoms with Crippen LogP contribution in [-0.2, 0) is 20.8 Å². The second-order valence-electron chi connectivity index (χ2n) is 10.2. The quantitative estimate of drug-likeness (QED) is 0.433. The van der Waals surface area contributed by atoms with Crippen LogP contribution in [0.2, 0.25) is 0 Å². The van der Waals surface area contributed by atoms with Crippen LogP contribution in [0.25, 0.3) is 0 Å². The van der Waals surface area contributed by atoms with Gasteiger partial charge in [-0.3, -0.25) is 9.69 Å². The van der Waals surface area contributed by atoms with Crippen LogP contribution in [0.4, 0.5) is 4.79 Å². The lowest BCUT2D eigenvalue weighted by molar-refractivity contribution is 0.0145. The zero-order chi connectivity index (χ0) is 28.9. The Hall–Kier alpha value is -4.51. The van der Waals surface area contributed by atoms with Gasteiger partial charge in [-0.05, 0) is 38.5 Å². The summed E-state index contributed by atoms with van der Waals surface area (Å²) in [5, 5.41) is 0. The maximum atomic E-state index is 13.2. The summed E-state index contributed by atoms with van der Waals surface area (Å²) >= 11 is 0. The van der Waals surface area contributed by atoms with Gasteiger partial charge in [0.2, 0.25) is 5.75 Å². The van der Waals surface area contributed by atoms with Crippen LogP contribution < -0.4 is 10.3 Å². The monoisotopic (exact) mass is 549 g/mol. The van der Waals surface area contributed by atoms with E-state index in [1.807, 2.05) is 30.3 Å². The fourth-order valence-electron chi connectivity index (χ4n) is 4.18. The average molecular weight is 550 g/mol. The zero-order valence-electron chi connectivity index (χ0n) is 22.7. The summed E-state index contributed by atoms with van der Waals surface area (Å²) in [5.41, 5.74) is -1.03. The van der Waals surface area contributed by atoms with Crippen LogP contribution in [0.15, 0.2) is 65.5 Å². The number of amides is 1. The topological polar surface area (TPSA) is 137 Å². The number of benzene rings is 2. The van der Waals surface area contributed by atoms with Crippen molar-refractivity contribution in [1.82, 2.24) is 14.9 Å². The van der Waals surface area contributed by atoms with Gasteiger partial charge in [0.05, 0.1) is 38.0 Å². The Labute approximate surface area is 231 Å². The fourth-order valence-corrected chi connectivity index (χ4v) is 4.18. The van der Waals surface area contributed by atoms with Gasteiger partial charge >= 0.3 is 18.0 Å². The summed E-state index contributed by atoms with van der Waals surface area (Å²) in [4.78, 5) is 59.9. The molecule has 2 atom stereocenters. The number of likely N-dealkylation sites (tertiary alicyclic amines) is 1. The number of ether oxygens (including phenoxy) is 4. The number of H-pyrrole nitrogens is 1. The largest absolute Gasteiger partial charge is 0.464 e. The SMILES string of the molecule is COC(=O)c1nc([C@@H]2C[C@@H](OCc3ccccc3)CN2C(=O)OC(C)(C)C)[nH]c(=O)c1OC(=O)c1ccccc1. The number of methoxy groups -OCH3 is 1. The number of aromatic nitrogens is 2. The predicted molar refractivity (Wildman–Crippen MR) is 143 cm³/mol. The maximum absolute atomic E-state index is 13.2. The molecule has 0 bridgehead atoms. The molecule has 0 spiro atoms. The van der Waals surface area contributed by atoms with Crippen molar-refractivity contribution in [2.45, 2.75) is 51.5 Å². The van der Waals surface area contributed by atoms with Crippen molar-refractivity contribution < 1.29 is 33.3 Å². The first-order chi connectivity index (χ1) is 19.1. The van der Waals surface area contributed by atoms with Gasteiger partial charge in [-0.25, -0.2) is 19.4 Å². The van der Waals surface area contributed by atoms with Gasteiger partial charge in [-0.15, -0.1) is 0 Å². The summed E-state index contributed by atoms with van der Waals surface area (Å²) in [7, 11) is 1.11.